The molecule has 2 heterocycles. The highest BCUT2D eigenvalue weighted by molar-refractivity contribution is 6.21. The first-order chi connectivity index (χ1) is 12.0. The van der Waals surface area contributed by atoms with Crippen LogP contribution in [0.15, 0.2) is 54.6 Å². The summed E-state index contributed by atoms with van der Waals surface area (Å²) in [6.45, 7) is 1.96. The van der Waals surface area contributed by atoms with Gasteiger partial charge >= 0.3 is 5.97 Å². The van der Waals surface area contributed by atoms with Gasteiger partial charge in [0.15, 0.2) is 5.69 Å². The summed E-state index contributed by atoms with van der Waals surface area (Å²) in [7, 11) is 0. The molecule has 6 heteroatoms. The molecular weight excluding hydrogens is 320 g/mol. The Kier molecular flexibility index (Phi) is 3.32. The Hall–Kier alpha value is -3.54. The van der Waals surface area contributed by atoms with E-state index >= 15 is 0 Å². The van der Waals surface area contributed by atoms with Crippen molar-refractivity contribution >= 4 is 28.7 Å². The lowest BCUT2D eigenvalue weighted by Gasteiger charge is -2.12. The van der Waals surface area contributed by atoms with Gasteiger partial charge in [0.05, 0.1) is 16.6 Å². The number of amides is 2. The second-order valence-electron chi connectivity index (χ2n) is 5.72. The van der Waals surface area contributed by atoms with E-state index in [1.807, 2.05) is 19.1 Å². The highest BCUT2D eigenvalue weighted by atomic mass is 16.7. The Morgan fingerprint density at radius 1 is 0.960 bits per heavy atom. The summed E-state index contributed by atoms with van der Waals surface area (Å²) in [5.41, 5.74) is 2.15. The zero-order valence-corrected chi connectivity index (χ0v) is 13.2. The van der Waals surface area contributed by atoms with Crippen molar-refractivity contribution in [1.82, 2.24) is 10.0 Å². The second-order valence-corrected chi connectivity index (χ2v) is 5.72. The minimum Gasteiger partial charge on any atom is -0.323 e. The molecule has 0 atom stereocenters. The lowest BCUT2D eigenvalue weighted by molar-refractivity contribution is -0.0588. The van der Waals surface area contributed by atoms with Gasteiger partial charge in [0.25, 0.3) is 11.8 Å². The van der Waals surface area contributed by atoms with E-state index in [0.717, 1.165) is 10.9 Å². The molecule has 0 saturated heterocycles. The number of aromatic nitrogens is 1. The monoisotopic (exact) mass is 332 g/mol. The average molecular weight is 332 g/mol. The number of aryl methyl sites for hydroxylation is 1. The van der Waals surface area contributed by atoms with Gasteiger partial charge in [-0.1, -0.05) is 34.9 Å². The van der Waals surface area contributed by atoms with Crippen LogP contribution < -0.4 is 0 Å². The molecule has 0 N–H and O–H groups in total. The Morgan fingerprint density at radius 2 is 1.64 bits per heavy atom. The van der Waals surface area contributed by atoms with Gasteiger partial charge in [-0.25, -0.2) is 9.78 Å². The van der Waals surface area contributed by atoms with Crippen molar-refractivity contribution in [3.05, 3.63) is 77.0 Å². The fraction of sp³-hybridized carbons (Fsp3) is 0.0526. The summed E-state index contributed by atoms with van der Waals surface area (Å²) < 4.78 is 0. The molecule has 1 aromatic heterocycles. The molecule has 25 heavy (non-hydrogen) atoms. The number of carbonyl (C=O) groups excluding carboxylic acids is 3. The highest BCUT2D eigenvalue weighted by Gasteiger charge is 2.38. The van der Waals surface area contributed by atoms with Crippen molar-refractivity contribution in [3.8, 4) is 0 Å². The summed E-state index contributed by atoms with van der Waals surface area (Å²) in [6.07, 6.45) is 0. The molecule has 1 aliphatic heterocycles. The molecule has 2 amide bonds. The topological polar surface area (TPSA) is 76.6 Å². The predicted molar refractivity (Wildman–Crippen MR) is 88.8 cm³/mol. The molecule has 0 radical (unpaired) electrons. The number of imide groups is 1. The number of hydroxylamine groups is 2. The summed E-state index contributed by atoms with van der Waals surface area (Å²) in [6, 6.07) is 15.2. The first-order valence-electron chi connectivity index (χ1n) is 7.62. The van der Waals surface area contributed by atoms with Gasteiger partial charge < -0.3 is 4.84 Å². The average Bonchev–Trinajstić information content (AvgIpc) is 2.86. The van der Waals surface area contributed by atoms with Crippen molar-refractivity contribution in [2.24, 2.45) is 0 Å². The molecule has 0 bridgehead atoms. The van der Waals surface area contributed by atoms with Crippen molar-refractivity contribution in [2.45, 2.75) is 6.92 Å². The minimum absolute atomic E-state index is 0.0212. The third-order valence-electron chi connectivity index (χ3n) is 3.98. The Labute approximate surface area is 142 Å². The van der Waals surface area contributed by atoms with Crippen LogP contribution in [0.5, 0.6) is 0 Å². The Morgan fingerprint density at radius 3 is 2.32 bits per heavy atom. The maximum absolute atomic E-state index is 12.3. The van der Waals surface area contributed by atoms with E-state index < -0.39 is 17.8 Å². The lowest BCUT2D eigenvalue weighted by atomic mass is 10.1. The van der Waals surface area contributed by atoms with Crippen molar-refractivity contribution in [1.29, 1.82) is 0 Å². The van der Waals surface area contributed by atoms with Crippen LogP contribution in [0.1, 0.15) is 36.8 Å². The van der Waals surface area contributed by atoms with Gasteiger partial charge in [-0.05, 0) is 37.3 Å². The standard InChI is InChI=1S/C19H12N2O4/c1-11-6-8-15-12(10-11)7-9-16(20-15)19(24)25-21-17(22)13-4-2-3-5-14(13)18(21)23/h2-10H,1H3. The van der Waals surface area contributed by atoms with E-state index in [4.69, 9.17) is 4.84 Å². The van der Waals surface area contributed by atoms with Crippen molar-refractivity contribution in [2.75, 3.05) is 0 Å². The van der Waals surface area contributed by atoms with E-state index in [1.54, 1.807) is 24.3 Å². The quantitative estimate of drug-likeness (QED) is 0.674. The summed E-state index contributed by atoms with van der Waals surface area (Å²) in [4.78, 5) is 46.0. The smallest absolute Gasteiger partial charge is 0.323 e. The number of fused-ring (bicyclic) bond motifs is 2. The van der Waals surface area contributed by atoms with Crippen molar-refractivity contribution in [3.63, 3.8) is 0 Å². The van der Waals surface area contributed by atoms with Crippen LogP contribution in [0.4, 0.5) is 0 Å². The number of pyridine rings is 1. The van der Waals surface area contributed by atoms with E-state index in [9.17, 15) is 14.4 Å². The van der Waals surface area contributed by atoms with E-state index in [0.29, 0.717) is 10.6 Å². The van der Waals surface area contributed by atoms with Crippen LogP contribution in [-0.2, 0) is 4.84 Å². The number of hydrogen-bond acceptors (Lipinski definition) is 5. The summed E-state index contributed by atoms with van der Waals surface area (Å²) in [5.74, 6) is -2.19. The van der Waals surface area contributed by atoms with Crippen LogP contribution in [0.2, 0.25) is 0 Å². The van der Waals surface area contributed by atoms with Gasteiger partial charge in [0.1, 0.15) is 0 Å². The molecule has 0 spiro atoms. The van der Waals surface area contributed by atoms with E-state index in [2.05, 4.69) is 4.98 Å². The molecular formula is C19H12N2O4. The first kappa shape index (κ1) is 15.0. The lowest BCUT2D eigenvalue weighted by Crippen LogP contribution is -2.32. The Balaban J connectivity index is 1.62. The van der Waals surface area contributed by atoms with Gasteiger partial charge in [-0.3, -0.25) is 9.59 Å². The number of rotatable bonds is 2. The molecule has 6 nitrogen and oxygen atoms in total. The zero-order chi connectivity index (χ0) is 17.6. The molecule has 0 fully saturated rings. The van der Waals surface area contributed by atoms with Crippen LogP contribution in [0.3, 0.4) is 0 Å². The first-order valence-corrected chi connectivity index (χ1v) is 7.62. The molecule has 0 unspecified atom stereocenters. The fourth-order valence-corrected chi connectivity index (χ4v) is 2.74. The molecule has 0 saturated carbocycles. The maximum Gasteiger partial charge on any atom is 0.382 e. The molecule has 0 aliphatic carbocycles. The minimum atomic E-state index is -0.864. The number of carbonyl (C=O) groups is 3. The molecule has 4 rings (SSSR count). The van der Waals surface area contributed by atoms with E-state index in [-0.39, 0.29) is 16.8 Å². The number of hydrogen-bond donors (Lipinski definition) is 0. The van der Waals surface area contributed by atoms with Gasteiger partial charge in [-0.2, -0.15) is 0 Å². The fourth-order valence-electron chi connectivity index (χ4n) is 2.74. The van der Waals surface area contributed by atoms with Crippen LogP contribution in [0, 0.1) is 6.92 Å². The number of benzene rings is 2. The number of nitrogens with zero attached hydrogens (tertiary/aromatic N) is 2. The van der Waals surface area contributed by atoms with Gasteiger partial charge in [0.2, 0.25) is 0 Å². The summed E-state index contributed by atoms with van der Waals surface area (Å²) in [5, 5.41) is 1.37. The molecule has 1 aliphatic rings. The van der Waals surface area contributed by atoms with Crippen LogP contribution in [0.25, 0.3) is 10.9 Å². The van der Waals surface area contributed by atoms with Crippen LogP contribution >= 0.6 is 0 Å². The molecule has 2 aromatic carbocycles. The third kappa shape index (κ3) is 2.44. The van der Waals surface area contributed by atoms with Gasteiger partial charge in [0, 0.05) is 5.39 Å². The highest BCUT2D eigenvalue weighted by Crippen LogP contribution is 2.23. The van der Waals surface area contributed by atoms with Crippen LogP contribution in [-0.4, -0.2) is 27.8 Å². The zero-order valence-electron chi connectivity index (χ0n) is 13.2. The van der Waals surface area contributed by atoms with Crippen molar-refractivity contribution < 1.29 is 19.2 Å². The predicted octanol–water partition coefficient (Wildman–Crippen LogP) is 2.91. The summed E-state index contributed by atoms with van der Waals surface area (Å²) >= 11 is 0. The van der Waals surface area contributed by atoms with Gasteiger partial charge in [-0.15, -0.1) is 0 Å². The normalized spacial score (nSPS) is 13.2. The molecule has 3 aromatic rings. The second kappa shape index (κ2) is 5.52. The molecule has 122 valence electrons. The largest absolute Gasteiger partial charge is 0.382 e. The third-order valence-corrected chi connectivity index (χ3v) is 3.98. The SMILES string of the molecule is Cc1ccc2nc(C(=O)ON3C(=O)c4ccccc4C3=O)ccc2c1. The van der Waals surface area contributed by atoms with E-state index in [1.165, 1.54) is 18.2 Å². The Bertz CT molecular complexity index is 1020. The maximum atomic E-state index is 12.3.